The van der Waals surface area contributed by atoms with Crippen LogP contribution in [0.4, 0.5) is 0 Å². The van der Waals surface area contributed by atoms with Crippen molar-refractivity contribution in [1.82, 2.24) is 5.32 Å². The first-order valence-corrected chi connectivity index (χ1v) is 8.90. The van der Waals surface area contributed by atoms with Gasteiger partial charge in [-0.15, -0.1) is 0 Å². The second kappa shape index (κ2) is 7.59. The molecule has 3 N–H and O–H groups in total. The molecule has 2 aromatic carbocycles. The molecule has 0 bridgehead atoms. The van der Waals surface area contributed by atoms with Gasteiger partial charge in [0.15, 0.2) is 0 Å². The molecule has 0 fully saturated rings. The van der Waals surface area contributed by atoms with E-state index in [0.717, 1.165) is 11.1 Å². The van der Waals surface area contributed by atoms with E-state index >= 15 is 0 Å². The van der Waals surface area contributed by atoms with E-state index in [2.05, 4.69) is 5.32 Å². The summed E-state index contributed by atoms with van der Waals surface area (Å²) in [5.41, 5.74) is 1.69. The lowest BCUT2D eigenvalue weighted by Crippen LogP contribution is -2.27. The van der Waals surface area contributed by atoms with Gasteiger partial charge in [-0.05, 0) is 35.7 Å². The summed E-state index contributed by atoms with van der Waals surface area (Å²) in [6, 6.07) is 13.5. The van der Waals surface area contributed by atoms with Gasteiger partial charge in [0, 0.05) is 11.6 Å². The molecule has 23 heavy (non-hydrogen) atoms. The molecule has 0 atom stereocenters. The number of sulfonamides is 1. The predicted molar refractivity (Wildman–Crippen MR) is 89.7 cm³/mol. The standard InChI is InChI=1S/C16H17ClN2O3S/c17-15-4-2-1-3-13(15)11-16(20)19-10-9-12-5-7-14(8-6-12)23(18,21)22/h1-8H,9-11H2,(H,19,20)(H2,18,21,22). The molecule has 0 aliphatic heterocycles. The van der Waals surface area contributed by atoms with Crippen LogP contribution in [-0.4, -0.2) is 20.9 Å². The average Bonchev–Trinajstić information content (AvgIpc) is 2.49. The summed E-state index contributed by atoms with van der Waals surface area (Å²) in [4.78, 5) is 11.9. The number of rotatable bonds is 6. The average molecular weight is 353 g/mol. The first-order chi connectivity index (χ1) is 10.9. The molecule has 0 heterocycles. The molecule has 0 saturated heterocycles. The maximum Gasteiger partial charge on any atom is 0.238 e. The van der Waals surface area contributed by atoms with Gasteiger partial charge in [-0.3, -0.25) is 4.79 Å². The Morgan fingerprint density at radius 3 is 2.35 bits per heavy atom. The highest BCUT2D eigenvalue weighted by Gasteiger charge is 2.08. The highest BCUT2D eigenvalue weighted by atomic mass is 35.5. The van der Waals surface area contributed by atoms with Crippen LogP contribution in [0.25, 0.3) is 0 Å². The molecule has 0 unspecified atom stereocenters. The number of benzene rings is 2. The lowest BCUT2D eigenvalue weighted by molar-refractivity contribution is -0.120. The molecule has 2 rings (SSSR count). The molecule has 0 spiro atoms. The molecule has 0 aliphatic carbocycles. The monoisotopic (exact) mass is 352 g/mol. The third-order valence-corrected chi connectivity index (χ3v) is 4.59. The van der Waals surface area contributed by atoms with Crippen molar-refractivity contribution in [3.05, 3.63) is 64.7 Å². The topological polar surface area (TPSA) is 89.3 Å². The van der Waals surface area contributed by atoms with E-state index in [0.29, 0.717) is 18.0 Å². The van der Waals surface area contributed by atoms with Gasteiger partial charge in [0.25, 0.3) is 0 Å². The smallest absolute Gasteiger partial charge is 0.238 e. The van der Waals surface area contributed by atoms with Crippen molar-refractivity contribution < 1.29 is 13.2 Å². The number of carbonyl (C=O) groups excluding carboxylic acids is 1. The molecule has 0 radical (unpaired) electrons. The maximum absolute atomic E-state index is 11.9. The van der Waals surface area contributed by atoms with Crippen molar-refractivity contribution in [2.75, 3.05) is 6.54 Å². The minimum absolute atomic E-state index is 0.0732. The van der Waals surface area contributed by atoms with Crippen LogP contribution in [0.3, 0.4) is 0 Å². The minimum atomic E-state index is -3.67. The minimum Gasteiger partial charge on any atom is -0.355 e. The van der Waals surface area contributed by atoms with Gasteiger partial charge in [-0.2, -0.15) is 0 Å². The van der Waals surface area contributed by atoms with Gasteiger partial charge in [-0.1, -0.05) is 41.9 Å². The SMILES string of the molecule is NS(=O)(=O)c1ccc(CCNC(=O)Cc2ccccc2Cl)cc1. The molecule has 2 aromatic rings. The van der Waals surface area contributed by atoms with Crippen LogP contribution in [0.1, 0.15) is 11.1 Å². The van der Waals surface area contributed by atoms with E-state index in [4.69, 9.17) is 16.7 Å². The summed E-state index contributed by atoms with van der Waals surface area (Å²) < 4.78 is 22.3. The van der Waals surface area contributed by atoms with E-state index in [-0.39, 0.29) is 17.2 Å². The molecule has 0 aliphatic rings. The third kappa shape index (κ3) is 5.35. The number of nitrogens with two attached hydrogens (primary N) is 1. The fourth-order valence-electron chi connectivity index (χ4n) is 2.07. The Bertz CT molecular complexity index is 789. The molecular weight excluding hydrogens is 336 g/mol. The Balaban J connectivity index is 1.83. The zero-order chi connectivity index (χ0) is 16.9. The molecule has 0 aromatic heterocycles. The Morgan fingerprint density at radius 2 is 1.74 bits per heavy atom. The van der Waals surface area contributed by atoms with Crippen molar-refractivity contribution in [2.24, 2.45) is 5.14 Å². The lowest BCUT2D eigenvalue weighted by atomic mass is 10.1. The summed E-state index contributed by atoms with van der Waals surface area (Å²) >= 11 is 6.01. The Morgan fingerprint density at radius 1 is 1.09 bits per heavy atom. The van der Waals surface area contributed by atoms with Gasteiger partial charge < -0.3 is 5.32 Å². The van der Waals surface area contributed by atoms with Crippen molar-refractivity contribution in [2.45, 2.75) is 17.7 Å². The normalized spacial score (nSPS) is 11.2. The first-order valence-electron chi connectivity index (χ1n) is 6.98. The molecule has 5 nitrogen and oxygen atoms in total. The van der Waals surface area contributed by atoms with E-state index in [1.165, 1.54) is 12.1 Å². The fraction of sp³-hybridized carbons (Fsp3) is 0.188. The van der Waals surface area contributed by atoms with Crippen molar-refractivity contribution in [1.29, 1.82) is 0 Å². The van der Waals surface area contributed by atoms with Crippen LogP contribution in [0.5, 0.6) is 0 Å². The maximum atomic E-state index is 11.9. The van der Waals surface area contributed by atoms with Crippen LogP contribution < -0.4 is 10.5 Å². The number of primary sulfonamides is 1. The molecule has 1 amide bonds. The number of nitrogens with one attached hydrogen (secondary N) is 1. The Labute approximate surface area is 140 Å². The molecule has 7 heteroatoms. The van der Waals surface area contributed by atoms with Crippen LogP contribution in [0.2, 0.25) is 5.02 Å². The zero-order valence-corrected chi connectivity index (χ0v) is 13.9. The summed E-state index contributed by atoms with van der Waals surface area (Å²) in [5.74, 6) is -0.112. The number of amides is 1. The van der Waals surface area contributed by atoms with Crippen LogP contribution >= 0.6 is 11.6 Å². The fourth-order valence-corrected chi connectivity index (χ4v) is 2.79. The summed E-state index contributed by atoms with van der Waals surface area (Å²) in [5, 5.41) is 8.42. The lowest BCUT2D eigenvalue weighted by Gasteiger charge is -2.07. The van der Waals surface area contributed by atoms with Crippen LogP contribution in [0, 0.1) is 0 Å². The van der Waals surface area contributed by atoms with Gasteiger partial charge >= 0.3 is 0 Å². The Hall–Kier alpha value is -1.89. The highest BCUT2D eigenvalue weighted by molar-refractivity contribution is 7.89. The predicted octanol–water partition coefficient (Wildman–Crippen LogP) is 1.89. The van der Waals surface area contributed by atoms with Crippen LogP contribution in [-0.2, 0) is 27.7 Å². The van der Waals surface area contributed by atoms with Crippen LogP contribution in [0.15, 0.2) is 53.4 Å². The van der Waals surface area contributed by atoms with Gasteiger partial charge in [0.1, 0.15) is 0 Å². The molecule has 122 valence electrons. The number of halogens is 1. The first kappa shape index (κ1) is 17.5. The van der Waals surface area contributed by atoms with Gasteiger partial charge in [-0.25, -0.2) is 13.6 Å². The number of carbonyl (C=O) groups is 1. The quantitative estimate of drug-likeness (QED) is 0.831. The van der Waals surface area contributed by atoms with Crippen molar-refractivity contribution >= 4 is 27.5 Å². The second-order valence-electron chi connectivity index (χ2n) is 5.06. The van der Waals surface area contributed by atoms with E-state index in [1.54, 1.807) is 18.2 Å². The highest BCUT2D eigenvalue weighted by Crippen LogP contribution is 2.15. The number of hydrogen-bond donors (Lipinski definition) is 2. The summed E-state index contributed by atoms with van der Waals surface area (Å²) in [6.45, 7) is 0.456. The largest absolute Gasteiger partial charge is 0.355 e. The summed E-state index contributed by atoms with van der Waals surface area (Å²) in [7, 11) is -3.67. The zero-order valence-electron chi connectivity index (χ0n) is 12.3. The van der Waals surface area contributed by atoms with Crippen molar-refractivity contribution in [3.8, 4) is 0 Å². The molecule has 0 saturated carbocycles. The molecular formula is C16H17ClN2O3S. The third-order valence-electron chi connectivity index (χ3n) is 3.30. The number of hydrogen-bond acceptors (Lipinski definition) is 3. The van der Waals surface area contributed by atoms with Gasteiger partial charge in [0.05, 0.1) is 11.3 Å². The van der Waals surface area contributed by atoms with Gasteiger partial charge in [0.2, 0.25) is 15.9 Å². The van der Waals surface area contributed by atoms with Crippen molar-refractivity contribution in [3.63, 3.8) is 0 Å². The van der Waals surface area contributed by atoms with E-state index < -0.39 is 10.0 Å². The Kier molecular flexibility index (Phi) is 5.76. The van der Waals surface area contributed by atoms with E-state index in [9.17, 15) is 13.2 Å². The second-order valence-corrected chi connectivity index (χ2v) is 7.03. The summed E-state index contributed by atoms with van der Waals surface area (Å²) in [6.07, 6.45) is 0.823. The van der Waals surface area contributed by atoms with E-state index in [1.807, 2.05) is 18.2 Å².